The number of hydrogen-bond acceptors (Lipinski definition) is 8. The van der Waals surface area contributed by atoms with E-state index in [4.69, 9.17) is 14.0 Å². The lowest BCUT2D eigenvalue weighted by Crippen LogP contribution is -2.42. The average Bonchev–Trinajstić information content (AvgIpc) is 3.26. The van der Waals surface area contributed by atoms with E-state index in [0.717, 1.165) is 0 Å². The molecule has 1 aromatic heterocycles. The van der Waals surface area contributed by atoms with Gasteiger partial charge >= 0.3 is 11.9 Å². The van der Waals surface area contributed by atoms with Crippen molar-refractivity contribution in [2.24, 2.45) is 5.92 Å². The summed E-state index contributed by atoms with van der Waals surface area (Å²) in [5, 5.41) is 3.81. The molecule has 0 spiro atoms. The highest BCUT2D eigenvalue weighted by Crippen LogP contribution is 2.19. The Labute approximate surface area is 178 Å². The number of carbonyl (C=O) groups excluding carboxylic acids is 3. The maximum atomic E-state index is 13.0. The first-order valence-electron chi connectivity index (χ1n) is 10.1. The van der Waals surface area contributed by atoms with Gasteiger partial charge in [-0.05, 0) is 44.0 Å². The van der Waals surface area contributed by atoms with Gasteiger partial charge in [-0.15, -0.1) is 0 Å². The van der Waals surface area contributed by atoms with Gasteiger partial charge < -0.3 is 18.9 Å². The van der Waals surface area contributed by atoms with Gasteiger partial charge in [0.25, 0.3) is 5.91 Å². The fourth-order valence-electron chi connectivity index (χ4n) is 3.21. The fourth-order valence-corrected chi connectivity index (χ4v) is 3.21. The van der Waals surface area contributed by atoms with Gasteiger partial charge in [-0.25, -0.2) is 4.39 Å². The lowest BCUT2D eigenvalue weighted by Gasteiger charge is -2.30. The Balaban J connectivity index is 1.37. The third-order valence-corrected chi connectivity index (χ3v) is 4.94. The molecule has 3 rings (SSSR count). The van der Waals surface area contributed by atoms with Crippen LogP contribution in [0.2, 0.25) is 0 Å². The lowest BCUT2D eigenvalue weighted by molar-refractivity contribution is -0.154. The Hall–Kier alpha value is -3.30. The molecule has 2 aromatic rings. The van der Waals surface area contributed by atoms with Crippen molar-refractivity contribution >= 4 is 17.8 Å². The zero-order valence-corrected chi connectivity index (χ0v) is 17.2. The SMILES string of the molecule is CCOC(=O)C1CCN(C(=O)COC(=O)CCc2nc(-c3ccc(F)cc3)no2)CC1. The first-order valence-corrected chi connectivity index (χ1v) is 10.1. The molecule has 0 saturated carbocycles. The predicted molar refractivity (Wildman–Crippen MR) is 105 cm³/mol. The Bertz CT molecular complexity index is 906. The molecule has 1 saturated heterocycles. The van der Waals surface area contributed by atoms with Gasteiger partial charge in [0.15, 0.2) is 6.61 Å². The predicted octanol–water partition coefficient (Wildman–Crippen LogP) is 2.15. The molecule has 1 fully saturated rings. The number of likely N-dealkylation sites (tertiary alicyclic amines) is 1. The van der Waals surface area contributed by atoms with E-state index in [1.54, 1.807) is 11.8 Å². The molecule has 0 radical (unpaired) electrons. The van der Waals surface area contributed by atoms with Gasteiger partial charge in [0.2, 0.25) is 11.7 Å². The lowest BCUT2D eigenvalue weighted by atomic mass is 9.97. The standard InChI is InChI=1S/C21H24FN3O6/c1-2-29-21(28)15-9-11-25(12-10-15)18(26)13-30-19(27)8-7-17-23-20(24-31-17)14-3-5-16(22)6-4-14/h3-6,15H,2,7-13H2,1H3. The summed E-state index contributed by atoms with van der Waals surface area (Å²) in [7, 11) is 0. The quantitative estimate of drug-likeness (QED) is 0.582. The summed E-state index contributed by atoms with van der Waals surface area (Å²) in [4.78, 5) is 41.7. The van der Waals surface area contributed by atoms with Gasteiger partial charge in [-0.2, -0.15) is 4.98 Å². The third-order valence-electron chi connectivity index (χ3n) is 4.94. The zero-order valence-electron chi connectivity index (χ0n) is 17.2. The number of piperidine rings is 1. The molecular weight excluding hydrogens is 409 g/mol. The van der Waals surface area contributed by atoms with Crippen LogP contribution >= 0.6 is 0 Å². The maximum absolute atomic E-state index is 13.0. The molecule has 31 heavy (non-hydrogen) atoms. The van der Waals surface area contributed by atoms with E-state index in [2.05, 4.69) is 10.1 Å². The van der Waals surface area contributed by atoms with Crippen LogP contribution in [0.25, 0.3) is 11.4 Å². The van der Waals surface area contributed by atoms with Crippen molar-refractivity contribution in [1.82, 2.24) is 15.0 Å². The minimum absolute atomic E-state index is 0.0245. The normalized spacial score (nSPS) is 14.3. The van der Waals surface area contributed by atoms with Gasteiger partial charge in [-0.1, -0.05) is 5.16 Å². The van der Waals surface area contributed by atoms with Crippen molar-refractivity contribution in [3.05, 3.63) is 36.0 Å². The molecule has 0 N–H and O–H groups in total. The highest BCUT2D eigenvalue weighted by Gasteiger charge is 2.28. The van der Waals surface area contributed by atoms with Gasteiger partial charge in [-0.3, -0.25) is 14.4 Å². The van der Waals surface area contributed by atoms with E-state index in [-0.39, 0.29) is 49.0 Å². The van der Waals surface area contributed by atoms with Crippen LogP contribution in [0.5, 0.6) is 0 Å². The molecule has 1 aliphatic heterocycles. The van der Waals surface area contributed by atoms with E-state index in [9.17, 15) is 18.8 Å². The fraction of sp³-hybridized carbons (Fsp3) is 0.476. The number of nitrogens with zero attached hydrogens (tertiary/aromatic N) is 3. The van der Waals surface area contributed by atoms with Crippen LogP contribution in [-0.4, -0.2) is 59.2 Å². The molecule has 0 unspecified atom stereocenters. The monoisotopic (exact) mass is 433 g/mol. The van der Waals surface area contributed by atoms with Crippen LogP contribution in [0, 0.1) is 11.7 Å². The first-order chi connectivity index (χ1) is 15.0. The average molecular weight is 433 g/mol. The summed E-state index contributed by atoms with van der Waals surface area (Å²) in [5.41, 5.74) is 0.594. The number of aryl methyl sites for hydroxylation is 1. The van der Waals surface area contributed by atoms with E-state index < -0.39 is 5.97 Å². The molecule has 1 aromatic carbocycles. The van der Waals surface area contributed by atoms with Crippen molar-refractivity contribution in [1.29, 1.82) is 0 Å². The van der Waals surface area contributed by atoms with E-state index in [1.807, 2.05) is 0 Å². The number of benzene rings is 1. The minimum atomic E-state index is -0.559. The van der Waals surface area contributed by atoms with Crippen molar-refractivity contribution in [3.8, 4) is 11.4 Å². The summed E-state index contributed by atoms with van der Waals surface area (Å²) in [5.74, 6) is -1.12. The van der Waals surface area contributed by atoms with Crippen molar-refractivity contribution in [2.75, 3.05) is 26.3 Å². The van der Waals surface area contributed by atoms with Crippen LogP contribution < -0.4 is 0 Å². The number of aromatic nitrogens is 2. The number of carbonyl (C=O) groups is 3. The molecule has 2 heterocycles. The van der Waals surface area contributed by atoms with Crippen molar-refractivity contribution in [2.45, 2.75) is 32.6 Å². The Morgan fingerprint density at radius 2 is 1.87 bits per heavy atom. The molecule has 166 valence electrons. The van der Waals surface area contributed by atoms with Crippen LogP contribution in [0.4, 0.5) is 4.39 Å². The molecule has 0 aliphatic carbocycles. The van der Waals surface area contributed by atoms with Gasteiger partial charge in [0, 0.05) is 25.1 Å². The number of ether oxygens (including phenoxy) is 2. The second kappa shape index (κ2) is 10.6. The second-order valence-corrected chi connectivity index (χ2v) is 7.09. The molecule has 10 heteroatoms. The van der Waals surface area contributed by atoms with E-state index in [1.165, 1.54) is 24.3 Å². The van der Waals surface area contributed by atoms with Gasteiger partial charge in [0.1, 0.15) is 5.82 Å². The largest absolute Gasteiger partial charge is 0.466 e. The smallest absolute Gasteiger partial charge is 0.309 e. The number of hydrogen-bond donors (Lipinski definition) is 0. The minimum Gasteiger partial charge on any atom is -0.466 e. The van der Waals surface area contributed by atoms with E-state index in [0.29, 0.717) is 43.9 Å². The zero-order chi connectivity index (χ0) is 22.2. The van der Waals surface area contributed by atoms with Crippen molar-refractivity contribution in [3.63, 3.8) is 0 Å². The first kappa shape index (κ1) is 22.4. The molecule has 0 atom stereocenters. The van der Waals surface area contributed by atoms with Crippen LogP contribution in [0.3, 0.4) is 0 Å². The Morgan fingerprint density at radius 1 is 1.16 bits per heavy atom. The second-order valence-electron chi connectivity index (χ2n) is 7.09. The maximum Gasteiger partial charge on any atom is 0.309 e. The highest BCUT2D eigenvalue weighted by atomic mass is 19.1. The van der Waals surface area contributed by atoms with Gasteiger partial charge in [0.05, 0.1) is 18.9 Å². The molecule has 0 bridgehead atoms. The summed E-state index contributed by atoms with van der Waals surface area (Å²) in [6.45, 7) is 2.59. The Kier molecular flexibility index (Phi) is 7.69. The number of esters is 2. The van der Waals surface area contributed by atoms with E-state index >= 15 is 0 Å². The van der Waals surface area contributed by atoms with Crippen LogP contribution in [0.1, 0.15) is 32.1 Å². The number of halogens is 1. The van der Waals surface area contributed by atoms with Crippen LogP contribution in [0.15, 0.2) is 28.8 Å². The number of amides is 1. The van der Waals surface area contributed by atoms with Crippen molar-refractivity contribution < 1.29 is 32.8 Å². The molecule has 9 nitrogen and oxygen atoms in total. The molecule has 1 aliphatic rings. The molecule has 1 amide bonds. The van der Waals surface area contributed by atoms with Crippen LogP contribution in [-0.2, 0) is 30.3 Å². The molecular formula is C21H24FN3O6. The third kappa shape index (κ3) is 6.34. The summed E-state index contributed by atoms with van der Waals surface area (Å²) in [6.07, 6.45) is 1.20. The Morgan fingerprint density at radius 3 is 2.55 bits per heavy atom. The summed E-state index contributed by atoms with van der Waals surface area (Å²) < 4.78 is 28.1. The summed E-state index contributed by atoms with van der Waals surface area (Å²) >= 11 is 0. The number of rotatable bonds is 8. The highest BCUT2D eigenvalue weighted by molar-refractivity contribution is 5.81. The summed E-state index contributed by atoms with van der Waals surface area (Å²) in [6, 6.07) is 5.64. The topological polar surface area (TPSA) is 112 Å².